The summed E-state index contributed by atoms with van der Waals surface area (Å²) in [5.41, 5.74) is 8.15. The van der Waals surface area contributed by atoms with Gasteiger partial charge in [0.2, 0.25) is 0 Å². The molecule has 0 aromatic heterocycles. The molecule has 5 aromatic carbocycles. The molecule has 36 heavy (non-hydrogen) atoms. The Balaban J connectivity index is 0.000000213. The Morgan fingerprint density at radius 1 is 0.750 bits per heavy atom. The van der Waals surface area contributed by atoms with Crippen LogP contribution in [-0.2, 0) is 20.8 Å². The molecular formula is C32H36Cl2SiZr. The second kappa shape index (κ2) is 15.7. The van der Waals surface area contributed by atoms with Crippen LogP contribution in [0.3, 0.4) is 0 Å². The number of fused-ring (bicyclic) bond motifs is 2. The summed E-state index contributed by atoms with van der Waals surface area (Å²) in [5.74, 6) is 0.631. The first-order valence-electron chi connectivity index (χ1n) is 12.2. The first kappa shape index (κ1) is 30.8. The van der Waals surface area contributed by atoms with Gasteiger partial charge < -0.3 is 0 Å². The molecular weight excluding hydrogens is 575 g/mol. The van der Waals surface area contributed by atoms with Gasteiger partial charge in [-0.2, -0.15) is 12.1 Å². The van der Waals surface area contributed by atoms with Crippen LogP contribution in [0, 0.1) is 20.8 Å². The Bertz CT molecular complexity index is 1330. The summed E-state index contributed by atoms with van der Waals surface area (Å²) in [6.07, 6.45) is 0. The van der Waals surface area contributed by atoms with Gasteiger partial charge in [0, 0.05) is 9.52 Å². The van der Waals surface area contributed by atoms with Gasteiger partial charge >= 0.3 is 37.9 Å². The first-order chi connectivity index (χ1) is 17.3. The molecule has 0 aliphatic heterocycles. The fourth-order valence-electron chi connectivity index (χ4n) is 4.21. The van der Waals surface area contributed by atoms with E-state index in [9.17, 15) is 0 Å². The van der Waals surface area contributed by atoms with Gasteiger partial charge in [0.1, 0.15) is 0 Å². The molecule has 0 fully saturated rings. The van der Waals surface area contributed by atoms with Crippen LogP contribution >= 0.6 is 17.0 Å². The zero-order chi connectivity index (χ0) is 26.7. The van der Waals surface area contributed by atoms with Gasteiger partial charge in [0.05, 0.1) is 0 Å². The molecule has 0 atom stereocenters. The number of halogens is 2. The molecule has 0 aliphatic rings. The molecule has 186 valence electrons. The Kier molecular flexibility index (Phi) is 13.4. The van der Waals surface area contributed by atoms with Gasteiger partial charge in [-0.15, -0.1) is 68.6 Å². The molecule has 0 saturated carbocycles. The van der Waals surface area contributed by atoms with Crippen molar-refractivity contribution in [1.29, 1.82) is 0 Å². The average molecular weight is 611 g/mol. The molecule has 0 aliphatic carbocycles. The zero-order valence-corrected chi connectivity index (χ0v) is 27.4. The summed E-state index contributed by atoms with van der Waals surface area (Å²) in [6.45, 7) is 15.3. The monoisotopic (exact) mass is 608 g/mol. The normalized spacial score (nSPS) is 10.1. The topological polar surface area (TPSA) is 0 Å². The van der Waals surface area contributed by atoms with E-state index in [2.05, 4.69) is 133 Å². The predicted octanol–water partition coefficient (Wildman–Crippen LogP) is 11.0. The van der Waals surface area contributed by atoms with Crippen LogP contribution in [0.5, 0.6) is 0 Å². The van der Waals surface area contributed by atoms with Crippen molar-refractivity contribution >= 4 is 48.1 Å². The van der Waals surface area contributed by atoms with E-state index < -0.39 is 20.8 Å². The average Bonchev–Trinajstić information content (AvgIpc) is 3.47. The molecule has 0 heterocycles. The van der Waals surface area contributed by atoms with Crippen LogP contribution < -0.4 is 0 Å². The van der Waals surface area contributed by atoms with Gasteiger partial charge in [0.25, 0.3) is 0 Å². The minimum absolute atomic E-state index is 0.631. The molecule has 0 spiro atoms. The Hall–Kier alpha value is -1.44. The standard InChI is InChI=1S/C17H15.C13H15.C2H6Si.2ClH.Zr/c1-12-10-16-13(2)8-9-15(17(16)11-12)14-6-4-3-5-7-14;1-9(2)12-7-11-6-4-5-10(3)13(11)8-12;1-3-2;;;/h3-11H,1-2H3;4-9H,1-3H3;1-2H3;2*1H;/q2*-1;;;;+4/p-2. The van der Waals surface area contributed by atoms with Crippen LogP contribution in [0.15, 0.2) is 84.9 Å². The summed E-state index contributed by atoms with van der Waals surface area (Å²) in [5, 5.41) is 5.53. The van der Waals surface area contributed by atoms with Gasteiger partial charge in [0.15, 0.2) is 0 Å². The summed E-state index contributed by atoms with van der Waals surface area (Å²) in [7, 11) is 11.0. The SMILES string of the molecule is C[Si]C.Cc1cc2c(-c3ccccc3)ccc(C)c2[cH-]1.Cc1cccc2[cH-]c(C(C)C)cc12.[Cl][Zr+2][Cl]. The quantitative estimate of drug-likeness (QED) is 0.138. The van der Waals surface area contributed by atoms with E-state index in [0.29, 0.717) is 5.92 Å². The third-order valence-electron chi connectivity index (χ3n) is 5.99. The van der Waals surface area contributed by atoms with E-state index in [1.807, 2.05) is 0 Å². The van der Waals surface area contributed by atoms with Crippen molar-refractivity contribution in [3.63, 3.8) is 0 Å². The molecule has 0 nitrogen and oxygen atoms in total. The molecule has 5 aromatic rings. The molecule has 0 saturated heterocycles. The van der Waals surface area contributed by atoms with E-state index in [-0.39, 0.29) is 0 Å². The molecule has 0 bridgehead atoms. The maximum absolute atomic E-state index is 4.93. The van der Waals surface area contributed by atoms with E-state index in [1.54, 1.807) is 0 Å². The number of benzene rings is 3. The fraction of sp³-hybridized carbons (Fsp3) is 0.250. The number of hydrogen-bond donors (Lipinski definition) is 0. The van der Waals surface area contributed by atoms with Crippen molar-refractivity contribution in [1.82, 2.24) is 0 Å². The van der Waals surface area contributed by atoms with E-state index in [1.165, 1.54) is 54.9 Å². The van der Waals surface area contributed by atoms with Gasteiger partial charge in [-0.05, 0) is 18.4 Å². The number of hydrogen-bond acceptors (Lipinski definition) is 0. The third kappa shape index (κ3) is 8.56. The molecule has 5 rings (SSSR count). The van der Waals surface area contributed by atoms with E-state index >= 15 is 0 Å². The predicted molar refractivity (Wildman–Crippen MR) is 162 cm³/mol. The molecule has 0 N–H and O–H groups in total. The maximum atomic E-state index is 4.93. The van der Waals surface area contributed by atoms with Gasteiger partial charge in [-0.3, -0.25) is 0 Å². The third-order valence-corrected chi connectivity index (χ3v) is 5.99. The Labute approximate surface area is 239 Å². The van der Waals surface area contributed by atoms with Crippen molar-refractivity contribution in [2.45, 2.75) is 53.6 Å². The van der Waals surface area contributed by atoms with Crippen molar-refractivity contribution in [2.75, 3.05) is 0 Å². The number of rotatable bonds is 2. The van der Waals surface area contributed by atoms with Crippen molar-refractivity contribution in [3.05, 3.63) is 107 Å². The van der Waals surface area contributed by atoms with Crippen molar-refractivity contribution < 1.29 is 20.8 Å². The second-order valence-corrected chi connectivity index (χ2v) is 14.0. The van der Waals surface area contributed by atoms with Crippen molar-refractivity contribution in [2.24, 2.45) is 0 Å². The van der Waals surface area contributed by atoms with Crippen LogP contribution in [-0.4, -0.2) is 9.52 Å². The summed E-state index contributed by atoms with van der Waals surface area (Å²) < 4.78 is 0. The summed E-state index contributed by atoms with van der Waals surface area (Å²) in [6, 6.07) is 30.7. The van der Waals surface area contributed by atoms with Crippen LogP contribution in [0.25, 0.3) is 32.7 Å². The first-order valence-corrected chi connectivity index (χ1v) is 20.5. The van der Waals surface area contributed by atoms with E-state index in [0.717, 1.165) is 9.52 Å². The van der Waals surface area contributed by atoms with Gasteiger partial charge in [-0.1, -0.05) is 94.4 Å². The van der Waals surface area contributed by atoms with Crippen LogP contribution in [0.4, 0.5) is 0 Å². The fourth-order valence-corrected chi connectivity index (χ4v) is 4.21. The summed E-state index contributed by atoms with van der Waals surface area (Å²) >= 11 is -0.826. The second-order valence-electron chi connectivity index (χ2n) is 9.25. The molecule has 0 amide bonds. The van der Waals surface area contributed by atoms with Gasteiger partial charge in [-0.25, -0.2) is 0 Å². The Morgan fingerprint density at radius 3 is 1.97 bits per heavy atom. The molecule has 0 unspecified atom stereocenters. The summed E-state index contributed by atoms with van der Waals surface area (Å²) in [4.78, 5) is 0. The zero-order valence-electron chi connectivity index (χ0n) is 22.4. The molecule has 4 heteroatoms. The van der Waals surface area contributed by atoms with E-state index in [4.69, 9.17) is 17.0 Å². The molecule has 2 radical (unpaired) electrons. The van der Waals surface area contributed by atoms with Crippen LogP contribution in [0.1, 0.15) is 42.0 Å². The number of aryl methyl sites for hydroxylation is 3. The minimum atomic E-state index is -0.826. The Morgan fingerprint density at radius 2 is 1.39 bits per heavy atom. The van der Waals surface area contributed by atoms with Crippen molar-refractivity contribution in [3.8, 4) is 11.1 Å². The van der Waals surface area contributed by atoms with Crippen LogP contribution in [0.2, 0.25) is 13.1 Å².